The molecule has 2 aromatic rings. The molecule has 148 valence electrons. The zero-order valence-corrected chi connectivity index (χ0v) is 16.9. The van der Waals surface area contributed by atoms with Gasteiger partial charge in [-0.3, -0.25) is 14.7 Å². The highest BCUT2D eigenvalue weighted by atomic mass is 32.1. The number of nitrogens with zero attached hydrogens (tertiary/aromatic N) is 2. The second-order valence-corrected chi connectivity index (χ2v) is 9.44. The Hall–Kier alpha value is -1.76. The number of aromatic nitrogens is 1. The molecule has 3 aliphatic heterocycles. The van der Waals surface area contributed by atoms with Crippen LogP contribution in [0, 0.1) is 11.8 Å². The van der Waals surface area contributed by atoms with Gasteiger partial charge in [-0.2, -0.15) is 0 Å². The molecule has 3 aliphatic rings. The minimum absolute atomic E-state index is 0.0330. The first-order valence-corrected chi connectivity index (χ1v) is 11.2. The van der Waals surface area contributed by atoms with Crippen LogP contribution in [0.2, 0.25) is 0 Å². The van der Waals surface area contributed by atoms with E-state index in [0.29, 0.717) is 30.8 Å². The first kappa shape index (κ1) is 18.3. The van der Waals surface area contributed by atoms with Gasteiger partial charge in [-0.25, -0.2) is 0 Å². The number of ether oxygens (including phenoxy) is 1. The van der Waals surface area contributed by atoms with E-state index in [9.17, 15) is 4.79 Å². The van der Waals surface area contributed by atoms with Crippen LogP contribution in [0.25, 0.3) is 0 Å². The third-order valence-electron chi connectivity index (χ3n) is 6.68. The molecule has 3 fully saturated rings. The number of thiophene rings is 1. The Morgan fingerprint density at radius 2 is 2.32 bits per heavy atom. The molecule has 5 heterocycles. The molecule has 0 aliphatic carbocycles. The normalized spacial score (nSPS) is 31.2. The quantitative estimate of drug-likeness (QED) is 0.781. The van der Waals surface area contributed by atoms with Crippen molar-refractivity contribution in [3.8, 4) is 0 Å². The molecule has 4 atom stereocenters. The van der Waals surface area contributed by atoms with Crippen LogP contribution in [-0.4, -0.2) is 47.1 Å². The number of hydrogen-bond acceptors (Lipinski definition) is 5. The molecule has 5 rings (SSSR count). The molecule has 6 heteroatoms. The number of likely N-dealkylation sites (tertiary alicyclic amines) is 1. The number of nitrogens with one attached hydrogen (secondary N) is 1. The highest BCUT2D eigenvalue weighted by molar-refractivity contribution is 7.09. The molecule has 2 aromatic heterocycles. The summed E-state index contributed by atoms with van der Waals surface area (Å²) in [5, 5.41) is 5.33. The third kappa shape index (κ3) is 3.49. The number of aryl methyl sites for hydroxylation is 1. The lowest BCUT2D eigenvalue weighted by Gasteiger charge is -2.29. The summed E-state index contributed by atoms with van der Waals surface area (Å²) in [5.74, 6) is 1.11. The van der Waals surface area contributed by atoms with E-state index >= 15 is 0 Å². The molecule has 0 unspecified atom stereocenters. The Morgan fingerprint density at radius 1 is 1.36 bits per heavy atom. The highest BCUT2D eigenvalue weighted by Crippen LogP contribution is 2.54. The highest BCUT2D eigenvalue weighted by Gasteiger charge is 2.62. The van der Waals surface area contributed by atoms with Gasteiger partial charge in [0.15, 0.2) is 0 Å². The molecular formula is C22H27N3O2S. The number of carbonyl (C=O) groups excluding carboxylic acids is 1. The van der Waals surface area contributed by atoms with Gasteiger partial charge in [0.25, 0.3) is 0 Å². The first-order chi connectivity index (χ1) is 13.7. The van der Waals surface area contributed by atoms with Gasteiger partial charge in [0, 0.05) is 61.2 Å². The fraction of sp³-hybridized carbons (Fsp3) is 0.545. The van der Waals surface area contributed by atoms with Crippen LogP contribution in [0.15, 0.2) is 41.9 Å². The lowest BCUT2D eigenvalue weighted by atomic mass is 9.73. The lowest BCUT2D eigenvalue weighted by molar-refractivity contribution is -0.121. The Labute approximate surface area is 170 Å². The lowest BCUT2D eigenvalue weighted by Crippen LogP contribution is -2.41. The van der Waals surface area contributed by atoms with E-state index in [1.807, 2.05) is 29.5 Å². The molecule has 0 aromatic carbocycles. The largest absolute Gasteiger partial charge is 0.370 e. The van der Waals surface area contributed by atoms with Gasteiger partial charge < -0.3 is 10.1 Å². The fourth-order valence-corrected chi connectivity index (χ4v) is 6.16. The van der Waals surface area contributed by atoms with E-state index < -0.39 is 0 Å². The summed E-state index contributed by atoms with van der Waals surface area (Å²) >= 11 is 1.83. The van der Waals surface area contributed by atoms with Gasteiger partial charge in [-0.05, 0) is 42.8 Å². The van der Waals surface area contributed by atoms with Crippen LogP contribution in [-0.2, 0) is 22.5 Å². The summed E-state index contributed by atoms with van der Waals surface area (Å²) in [6, 6.07) is 10.2. The first-order valence-electron chi connectivity index (χ1n) is 10.3. The zero-order chi connectivity index (χ0) is 19.0. The Balaban J connectivity index is 1.15. The van der Waals surface area contributed by atoms with Gasteiger partial charge in [-0.15, -0.1) is 11.3 Å². The van der Waals surface area contributed by atoms with Gasteiger partial charge in [0.1, 0.15) is 0 Å². The van der Waals surface area contributed by atoms with E-state index in [1.165, 1.54) is 11.3 Å². The summed E-state index contributed by atoms with van der Waals surface area (Å²) in [6.07, 6.45) is 5.60. The van der Waals surface area contributed by atoms with Gasteiger partial charge in [-0.1, -0.05) is 12.1 Å². The van der Waals surface area contributed by atoms with E-state index in [4.69, 9.17) is 4.74 Å². The van der Waals surface area contributed by atoms with Crippen molar-refractivity contribution >= 4 is 17.2 Å². The number of carbonyl (C=O) groups is 1. The van der Waals surface area contributed by atoms with Crippen molar-refractivity contribution in [3.05, 3.63) is 52.5 Å². The summed E-state index contributed by atoms with van der Waals surface area (Å²) in [7, 11) is 0. The predicted molar refractivity (Wildman–Crippen MR) is 109 cm³/mol. The van der Waals surface area contributed by atoms with Crippen molar-refractivity contribution in [2.45, 2.75) is 43.9 Å². The molecule has 1 spiro atoms. The van der Waals surface area contributed by atoms with Crippen LogP contribution in [0.3, 0.4) is 0 Å². The number of hydrogen-bond donors (Lipinski definition) is 1. The number of fused-ring (bicyclic) bond motifs is 1. The number of rotatable bonds is 7. The summed E-state index contributed by atoms with van der Waals surface area (Å²) in [5.41, 5.74) is 1.01. The molecule has 0 saturated carbocycles. The maximum atomic E-state index is 12.4. The van der Waals surface area contributed by atoms with Gasteiger partial charge in [0.05, 0.1) is 11.7 Å². The smallest absolute Gasteiger partial charge is 0.220 e. The zero-order valence-electron chi connectivity index (χ0n) is 16.0. The second-order valence-electron chi connectivity index (χ2n) is 8.40. The topological polar surface area (TPSA) is 54.5 Å². The van der Waals surface area contributed by atoms with Crippen molar-refractivity contribution in [2.75, 3.05) is 19.6 Å². The third-order valence-corrected chi connectivity index (χ3v) is 7.54. The summed E-state index contributed by atoms with van der Waals surface area (Å²) < 4.78 is 6.51. The standard InChI is InChI=1S/C22H27N3O2S/c26-21(7-6-16-4-1-2-10-23-16)24-12-18-19-14-25(13-17-5-3-11-28-17)15-22(19)9-8-20(18)27-22/h1-5,10-11,18-20H,6-9,12-15H2,(H,24,26)/t18-,19+,20+,22+/m0/s1. The van der Waals surface area contributed by atoms with Crippen LogP contribution >= 0.6 is 11.3 Å². The van der Waals surface area contributed by atoms with Crippen molar-refractivity contribution in [3.63, 3.8) is 0 Å². The van der Waals surface area contributed by atoms with Crippen molar-refractivity contribution in [2.24, 2.45) is 11.8 Å². The van der Waals surface area contributed by atoms with E-state index in [0.717, 1.165) is 38.3 Å². The molecular weight excluding hydrogens is 370 g/mol. The minimum Gasteiger partial charge on any atom is -0.370 e. The maximum Gasteiger partial charge on any atom is 0.220 e. The van der Waals surface area contributed by atoms with E-state index in [1.54, 1.807) is 6.20 Å². The summed E-state index contributed by atoms with van der Waals surface area (Å²) in [4.78, 5) is 20.6. The Morgan fingerprint density at radius 3 is 3.14 bits per heavy atom. The van der Waals surface area contributed by atoms with Gasteiger partial charge >= 0.3 is 0 Å². The summed E-state index contributed by atoms with van der Waals surface area (Å²) in [6.45, 7) is 3.89. The monoisotopic (exact) mass is 397 g/mol. The number of amides is 1. The molecule has 3 saturated heterocycles. The average molecular weight is 398 g/mol. The molecule has 2 bridgehead atoms. The average Bonchev–Trinajstić information content (AvgIpc) is 3.47. The molecule has 1 amide bonds. The fourth-order valence-electron chi connectivity index (χ4n) is 5.41. The van der Waals surface area contributed by atoms with E-state index in [-0.39, 0.29) is 11.5 Å². The molecule has 5 nitrogen and oxygen atoms in total. The van der Waals surface area contributed by atoms with Crippen molar-refractivity contribution in [1.29, 1.82) is 0 Å². The SMILES string of the molecule is O=C(CCc1ccccn1)NC[C@H]1[C@H]2CN(Cc3cccs3)C[C@]23CC[C@H]1O3. The minimum atomic E-state index is 0.0330. The van der Waals surface area contributed by atoms with Crippen molar-refractivity contribution in [1.82, 2.24) is 15.2 Å². The molecule has 1 N–H and O–H groups in total. The Kier molecular flexibility index (Phi) is 4.95. The van der Waals surface area contributed by atoms with Crippen LogP contribution < -0.4 is 5.32 Å². The van der Waals surface area contributed by atoms with Crippen LogP contribution in [0.1, 0.15) is 29.8 Å². The Bertz CT molecular complexity index is 812. The molecule has 28 heavy (non-hydrogen) atoms. The number of pyridine rings is 1. The van der Waals surface area contributed by atoms with Crippen LogP contribution in [0.4, 0.5) is 0 Å². The second kappa shape index (κ2) is 7.58. The molecule has 0 radical (unpaired) electrons. The van der Waals surface area contributed by atoms with Crippen molar-refractivity contribution < 1.29 is 9.53 Å². The van der Waals surface area contributed by atoms with Crippen LogP contribution in [0.5, 0.6) is 0 Å². The van der Waals surface area contributed by atoms with Gasteiger partial charge in [0.2, 0.25) is 5.91 Å². The maximum absolute atomic E-state index is 12.4. The predicted octanol–water partition coefficient (Wildman–Crippen LogP) is 2.87. The van der Waals surface area contributed by atoms with E-state index in [2.05, 4.69) is 32.7 Å².